The van der Waals surface area contributed by atoms with Crippen molar-refractivity contribution in [2.45, 2.75) is 72.6 Å². The summed E-state index contributed by atoms with van der Waals surface area (Å²) in [4.78, 5) is 14.3. The summed E-state index contributed by atoms with van der Waals surface area (Å²) >= 11 is 0. The highest BCUT2D eigenvalue weighted by molar-refractivity contribution is 5.84. The zero-order chi connectivity index (χ0) is 13.2. The molecular formula is C14H28N2O. The second-order valence-electron chi connectivity index (χ2n) is 5.92. The van der Waals surface area contributed by atoms with Crippen LogP contribution in [0.2, 0.25) is 0 Å². The molecule has 0 aromatic rings. The standard InChI is InChI=1S/C14H28N2O/c1-7-10(4)8-11(5)16-13(9(2)3)15-12(6)14(16)17/h9-13,15H,7-8H2,1-6H3. The highest BCUT2D eigenvalue weighted by Gasteiger charge is 2.40. The van der Waals surface area contributed by atoms with E-state index in [1.54, 1.807) is 0 Å². The number of carbonyl (C=O) groups excluding carboxylic acids is 1. The van der Waals surface area contributed by atoms with Crippen LogP contribution in [0.4, 0.5) is 0 Å². The maximum absolute atomic E-state index is 12.2. The summed E-state index contributed by atoms with van der Waals surface area (Å²) in [5.41, 5.74) is 0. The lowest BCUT2D eigenvalue weighted by Gasteiger charge is -2.34. The molecule has 1 N–H and O–H groups in total. The van der Waals surface area contributed by atoms with Gasteiger partial charge in [-0.1, -0.05) is 34.1 Å². The van der Waals surface area contributed by atoms with Gasteiger partial charge >= 0.3 is 0 Å². The van der Waals surface area contributed by atoms with E-state index in [1.165, 1.54) is 6.42 Å². The van der Waals surface area contributed by atoms with E-state index in [1.807, 2.05) is 6.92 Å². The van der Waals surface area contributed by atoms with Gasteiger partial charge in [0.05, 0.1) is 12.2 Å². The molecule has 0 aliphatic carbocycles. The lowest BCUT2D eigenvalue weighted by Crippen LogP contribution is -2.46. The molecule has 1 fully saturated rings. The molecular weight excluding hydrogens is 212 g/mol. The second-order valence-corrected chi connectivity index (χ2v) is 5.92. The molecule has 1 rings (SSSR count). The second kappa shape index (κ2) is 5.85. The lowest BCUT2D eigenvalue weighted by molar-refractivity contribution is -0.132. The SMILES string of the molecule is CCC(C)CC(C)N1C(=O)C(C)NC1C(C)C. The van der Waals surface area contributed by atoms with E-state index in [0.29, 0.717) is 17.9 Å². The van der Waals surface area contributed by atoms with Crippen LogP contribution in [0.25, 0.3) is 0 Å². The number of hydrogen-bond donors (Lipinski definition) is 1. The Kier molecular flexibility index (Phi) is 4.99. The molecule has 4 unspecified atom stereocenters. The number of nitrogens with zero attached hydrogens (tertiary/aromatic N) is 1. The predicted molar refractivity (Wildman–Crippen MR) is 71.6 cm³/mol. The molecule has 0 radical (unpaired) electrons. The van der Waals surface area contributed by atoms with Gasteiger partial charge in [0, 0.05) is 6.04 Å². The molecule has 4 atom stereocenters. The smallest absolute Gasteiger partial charge is 0.240 e. The van der Waals surface area contributed by atoms with Crippen LogP contribution in [0.15, 0.2) is 0 Å². The summed E-state index contributed by atoms with van der Waals surface area (Å²) in [5, 5.41) is 3.40. The van der Waals surface area contributed by atoms with Gasteiger partial charge in [-0.2, -0.15) is 0 Å². The maximum atomic E-state index is 12.2. The van der Waals surface area contributed by atoms with E-state index in [9.17, 15) is 4.79 Å². The Balaban J connectivity index is 2.74. The zero-order valence-corrected chi connectivity index (χ0v) is 12.2. The fourth-order valence-electron chi connectivity index (χ4n) is 2.64. The van der Waals surface area contributed by atoms with Crippen molar-refractivity contribution in [3.8, 4) is 0 Å². The fourth-order valence-corrected chi connectivity index (χ4v) is 2.64. The lowest BCUT2D eigenvalue weighted by atomic mass is 9.98. The van der Waals surface area contributed by atoms with Crippen molar-refractivity contribution in [2.75, 3.05) is 0 Å². The Bertz CT molecular complexity index is 265. The van der Waals surface area contributed by atoms with Crippen LogP contribution in [0.1, 0.15) is 54.4 Å². The number of amides is 1. The Morgan fingerprint density at radius 2 is 1.88 bits per heavy atom. The summed E-state index contributed by atoms with van der Waals surface area (Å²) < 4.78 is 0. The number of rotatable bonds is 5. The molecule has 0 spiro atoms. The third-order valence-corrected chi connectivity index (χ3v) is 3.89. The summed E-state index contributed by atoms with van der Waals surface area (Å²) in [6.07, 6.45) is 2.48. The third kappa shape index (κ3) is 3.21. The summed E-state index contributed by atoms with van der Waals surface area (Å²) in [6.45, 7) is 13.0. The van der Waals surface area contributed by atoms with E-state index in [0.717, 1.165) is 6.42 Å². The van der Waals surface area contributed by atoms with Gasteiger partial charge in [0.2, 0.25) is 5.91 Å². The van der Waals surface area contributed by atoms with Crippen molar-refractivity contribution >= 4 is 5.91 Å². The molecule has 0 saturated carbocycles. The van der Waals surface area contributed by atoms with Gasteiger partial charge in [-0.25, -0.2) is 0 Å². The largest absolute Gasteiger partial charge is 0.323 e. The average molecular weight is 240 g/mol. The molecule has 0 aromatic carbocycles. The van der Waals surface area contributed by atoms with Gasteiger partial charge < -0.3 is 4.90 Å². The highest BCUT2D eigenvalue weighted by atomic mass is 16.2. The quantitative estimate of drug-likeness (QED) is 0.801. The minimum absolute atomic E-state index is 0.0261. The number of carbonyl (C=O) groups is 1. The van der Waals surface area contributed by atoms with Crippen LogP contribution in [0.3, 0.4) is 0 Å². The van der Waals surface area contributed by atoms with Crippen LogP contribution in [0.5, 0.6) is 0 Å². The molecule has 1 heterocycles. The molecule has 1 aliphatic heterocycles. The van der Waals surface area contributed by atoms with Crippen molar-refractivity contribution in [3.63, 3.8) is 0 Å². The Morgan fingerprint density at radius 3 is 2.35 bits per heavy atom. The van der Waals surface area contributed by atoms with Crippen molar-refractivity contribution in [2.24, 2.45) is 11.8 Å². The molecule has 1 saturated heterocycles. The molecule has 17 heavy (non-hydrogen) atoms. The van der Waals surface area contributed by atoms with Gasteiger partial charge in [0.1, 0.15) is 0 Å². The van der Waals surface area contributed by atoms with E-state index >= 15 is 0 Å². The van der Waals surface area contributed by atoms with Crippen molar-refractivity contribution in [1.29, 1.82) is 0 Å². The van der Waals surface area contributed by atoms with Gasteiger partial charge in [-0.3, -0.25) is 10.1 Å². The van der Waals surface area contributed by atoms with E-state index in [4.69, 9.17) is 0 Å². The van der Waals surface area contributed by atoms with Gasteiger partial charge in [-0.05, 0) is 32.1 Å². The van der Waals surface area contributed by atoms with Gasteiger partial charge in [0.15, 0.2) is 0 Å². The summed E-state index contributed by atoms with van der Waals surface area (Å²) in [6, 6.07) is 0.309. The highest BCUT2D eigenvalue weighted by Crippen LogP contribution is 2.24. The van der Waals surface area contributed by atoms with Gasteiger partial charge in [0.25, 0.3) is 0 Å². The van der Waals surface area contributed by atoms with Crippen LogP contribution in [-0.4, -0.2) is 29.1 Å². The van der Waals surface area contributed by atoms with Crippen molar-refractivity contribution < 1.29 is 4.79 Å². The first kappa shape index (κ1) is 14.5. The van der Waals surface area contributed by atoms with E-state index < -0.39 is 0 Å². The Labute approximate surface area is 106 Å². The minimum atomic E-state index is -0.0261. The summed E-state index contributed by atoms with van der Waals surface area (Å²) in [5.74, 6) is 1.41. The fraction of sp³-hybridized carbons (Fsp3) is 0.929. The first-order valence-corrected chi connectivity index (χ1v) is 6.96. The van der Waals surface area contributed by atoms with Crippen LogP contribution >= 0.6 is 0 Å². The molecule has 0 bridgehead atoms. The average Bonchev–Trinajstić information content (AvgIpc) is 2.55. The Morgan fingerprint density at radius 1 is 1.29 bits per heavy atom. The van der Waals surface area contributed by atoms with E-state index in [-0.39, 0.29) is 18.1 Å². The number of hydrogen-bond acceptors (Lipinski definition) is 2. The molecule has 0 aromatic heterocycles. The molecule has 3 nitrogen and oxygen atoms in total. The third-order valence-electron chi connectivity index (χ3n) is 3.89. The van der Waals surface area contributed by atoms with Crippen LogP contribution < -0.4 is 5.32 Å². The minimum Gasteiger partial charge on any atom is -0.323 e. The maximum Gasteiger partial charge on any atom is 0.240 e. The monoisotopic (exact) mass is 240 g/mol. The van der Waals surface area contributed by atoms with Crippen LogP contribution in [-0.2, 0) is 4.79 Å². The van der Waals surface area contributed by atoms with E-state index in [2.05, 4.69) is 44.8 Å². The van der Waals surface area contributed by atoms with Crippen molar-refractivity contribution in [3.05, 3.63) is 0 Å². The zero-order valence-electron chi connectivity index (χ0n) is 12.2. The Hall–Kier alpha value is -0.570. The molecule has 3 heteroatoms. The predicted octanol–water partition coefficient (Wildman–Crippen LogP) is 2.61. The first-order valence-electron chi connectivity index (χ1n) is 6.96. The molecule has 1 aliphatic rings. The topological polar surface area (TPSA) is 32.3 Å². The normalized spacial score (nSPS) is 28.9. The first-order chi connectivity index (χ1) is 7.88. The molecule has 100 valence electrons. The molecule has 1 amide bonds. The summed E-state index contributed by atoms with van der Waals surface area (Å²) in [7, 11) is 0. The van der Waals surface area contributed by atoms with Gasteiger partial charge in [-0.15, -0.1) is 0 Å². The van der Waals surface area contributed by atoms with Crippen molar-refractivity contribution in [1.82, 2.24) is 10.2 Å². The number of nitrogens with one attached hydrogen (secondary N) is 1. The van der Waals surface area contributed by atoms with Crippen LogP contribution in [0, 0.1) is 11.8 Å².